The van der Waals surface area contributed by atoms with Gasteiger partial charge in [-0.3, -0.25) is 4.98 Å². The zero-order valence-electron chi connectivity index (χ0n) is 8.11. The van der Waals surface area contributed by atoms with Crippen LogP contribution in [0.1, 0.15) is 11.6 Å². The van der Waals surface area contributed by atoms with Crippen LogP contribution >= 0.6 is 0 Å². The molecule has 0 bridgehead atoms. The lowest BCUT2D eigenvalue weighted by Crippen LogP contribution is -1.90. The first-order valence-electron chi connectivity index (χ1n) is 4.32. The molecule has 0 radical (unpaired) electrons. The van der Waals surface area contributed by atoms with Crippen molar-refractivity contribution in [3.8, 4) is 11.3 Å². The van der Waals surface area contributed by atoms with Gasteiger partial charge in [-0.25, -0.2) is 4.98 Å². The molecule has 2 heterocycles. The Kier molecular flexibility index (Phi) is 1.96. The van der Waals surface area contributed by atoms with Crippen molar-refractivity contribution in [3.63, 3.8) is 0 Å². The van der Waals surface area contributed by atoms with E-state index in [-0.39, 0.29) is 0 Å². The number of hydrogen-bond donors (Lipinski definition) is 1. The van der Waals surface area contributed by atoms with E-state index in [0.29, 0.717) is 11.6 Å². The molecule has 0 saturated carbocycles. The lowest BCUT2D eigenvalue weighted by molar-refractivity contribution is 0.534. The molecule has 14 heavy (non-hydrogen) atoms. The van der Waals surface area contributed by atoms with E-state index in [1.54, 1.807) is 12.4 Å². The molecule has 0 saturated heterocycles. The Morgan fingerprint density at radius 1 is 1.36 bits per heavy atom. The van der Waals surface area contributed by atoms with E-state index in [4.69, 9.17) is 10.2 Å². The number of hydrogen-bond acceptors (Lipinski definition) is 4. The van der Waals surface area contributed by atoms with Gasteiger partial charge in [-0.05, 0) is 13.0 Å². The molecule has 2 rings (SSSR count). The molecule has 0 aliphatic rings. The van der Waals surface area contributed by atoms with E-state index in [1.807, 2.05) is 19.9 Å². The van der Waals surface area contributed by atoms with E-state index >= 15 is 0 Å². The fourth-order valence-electron chi connectivity index (χ4n) is 1.39. The minimum Gasteiger partial charge on any atom is -0.441 e. The largest absolute Gasteiger partial charge is 0.441 e. The van der Waals surface area contributed by atoms with Crippen molar-refractivity contribution in [2.75, 3.05) is 5.73 Å². The number of anilines is 1. The van der Waals surface area contributed by atoms with Gasteiger partial charge in [-0.15, -0.1) is 0 Å². The number of oxazole rings is 1. The average Bonchev–Trinajstić information content (AvgIpc) is 2.46. The van der Waals surface area contributed by atoms with Gasteiger partial charge in [0.1, 0.15) is 0 Å². The molecule has 2 N–H and O–H groups in total. The van der Waals surface area contributed by atoms with Crippen molar-refractivity contribution in [1.82, 2.24) is 9.97 Å². The summed E-state index contributed by atoms with van der Waals surface area (Å²) in [5.41, 5.74) is 8.08. The average molecular weight is 189 g/mol. The second-order valence-corrected chi connectivity index (χ2v) is 3.11. The third-order valence-electron chi connectivity index (χ3n) is 2.00. The van der Waals surface area contributed by atoms with Gasteiger partial charge in [0, 0.05) is 18.7 Å². The molecule has 4 nitrogen and oxygen atoms in total. The van der Waals surface area contributed by atoms with Gasteiger partial charge in [0.05, 0.1) is 17.6 Å². The maximum absolute atomic E-state index is 5.78. The molecular weight excluding hydrogens is 178 g/mol. The van der Waals surface area contributed by atoms with Crippen LogP contribution in [0.2, 0.25) is 0 Å². The Balaban J connectivity index is 2.60. The summed E-state index contributed by atoms with van der Waals surface area (Å²) in [6, 6.07) is 1.82. The van der Waals surface area contributed by atoms with Gasteiger partial charge in [0.15, 0.2) is 11.7 Å². The predicted octanol–water partition coefficient (Wildman–Crippen LogP) is 1.94. The van der Waals surface area contributed by atoms with Crippen LogP contribution in [0.4, 0.5) is 5.69 Å². The van der Waals surface area contributed by atoms with Crippen molar-refractivity contribution < 1.29 is 4.42 Å². The summed E-state index contributed by atoms with van der Waals surface area (Å²) in [5, 5.41) is 0. The van der Waals surface area contributed by atoms with Crippen LogP contribution in [-0.2, 0) is 0 Å². The number of nitrogens with two attached hydrogens (primary N) is 1. The highest BCUT2D eigenvalue weighted by Gasteiger charge is 2.11. The van der Waals surface area contributed by atoms with Gasteiger partial charge in [-0.1, -0.05) is 0 Å². The van der Waals surface area contributed by atoms with Crippen LogP contribution < -0.4 is 5.73 Å². The monoisotopic (exact) mass is 189 g/mol. The highest BCUT2D eigenvalue weighted by atomic mass is 16.4. The van der Waals surface area contributed by atoms with Crippen LogP contribution in [0.25, 0.3) is 11.3 Å². The van der Waals surface area contributed by atoms with Crippen molar-refractivity contribution in [1.29, 1.82) is 0 Å². The van der Waals surface area contributed by atoms with E-state index in [9.17, 15) is 0 Å². The van der Waals surface area contributed by atoms with E-state index in [2.05, 4.69) is 9.97 Å². The number of aryl methyl sites for hydroxylation is 2. The van der Waals surface area contributed by atoms with E-state index < -0.39 is 0 Å². The SMILES string of the molecule is Cc1nc(C)c(-c2ccncc2N)o1. The fourth-order valence-corrected chi connectivity index (χ4v) is 1.39. The van der Waals surface area contributed by atoms with Crippen LogP contribution in [0.15, 0.2) is 22.9 Å². The van der Waals surface area contributed by atoms with Gasteiger partial charge in [0.2, 0.25) is 0 Å². The minimum atomic E-state index is 0.603. The summed E-state index contributed by atoms with van der Waals surface area (Å²) in [5.74, 6) is 1.37. The van der Waals surface area contributed by atoms with Crippen molar-refractivity contribution >= 4 is 5.69 Å². The first-order chi connectivity index (χ1) is 6.68. The van der Waals surface area contributed by atoms with Crippen molar-refractivity contribution in [2.45, 2.75) is 13.8 Å². The molecule has 0 aliphatic heterocycles. The Morgan fingerprint density at radius 2 is 2.14 bits per heavy atom. The minimum absolute atomic E-state index is 0.603. The Labute approximate surface area is 81.8 Å². The van der Waals surface area contributed by atoms with Crippen LogP contribution in [-0.4, -0.2) is 9.97 Å². The predicted molar refractivity (Wildman–Crippen MR) is 53.6 cm³/mol. The van der Waals surface area contributed by atoms with Crippen LogP contribution in [0, 0.1) is 13.8 Å². The molecule has 0 aromatic carbocycles. The third kappa shape index (κ3) is 1.35. The van der Waals surface area contributed by atoms with Crippen molar-refractivity contribution in [3.05, 3.63) is 30.0 Å². The summed E-state index contributed by atoms with van der Waals surface area (Å²) in [6.45, 7) is 3.71. The number of aromatic nitrogens is 2. The highest BCUT2D eigenvalue weighted by molar-refractivity contribution is 5.72. The molecule has 0 amide bonds. The third-order valence-corrected chi connectivity index (χ3v) is 2.00. The normalized spacial score (nSPS) is 10.4. The van der Waals surface area contributed by atoms with Gasteiger partial charge in [0.25, 0.3) is 0 Å². The first kappa shape index (κ1) is 8.74. The zero-order chi connectivity index (χ0) is 10.1. The summed E-state index contributed by atoms with van der Waals surface area (Å²) in [7, 11) is 0. The number of rotatable bonds is 1. The molecule has 0 fully saturated rings. The molecule has 0 spiro atoms. The smallest absolute Gasteiger partial charge is 0.192 e. The fraction of sp³-hybridized carbons (Fsp3) is 0.200. The second kappa shape index (κ2) is 3.14. The summed E-state index contributed by atoms with van der Waals surface area (Å²) in [4.78, 5) is 8.11. The van der Waals surface area contributed by atoms with Gasteiger partial charge < -0.3 is 10.2 Å². The molecule has 72 valence electrons. The number of nitrogens with zero attached hydrogens (tertiary/aromatic N) is 2. The Hall–Kier alpha value is -1.84. The maximum Gasteiger partial charge on any atom is 0.192 e. The first-order valence-corrected chi connectivity index (χ1v) is 4.32. The molecular formula is C10H11N3O. The summed E-state index contributed by atoms with van der Waals surface area (Å²) >= 11 is 0. The van der Waals surface area contributed by atoms with E-state index in [0.717, 1.165) is 17.0 Å². The second-order valence-electron chi connectivity index (χ2n) is 3.11. The quantitative estimate of drug-likeness (QED) is 0.744. The van der Waals surface area contributed by atoms with Crippen LogP contribution in [0.3, 0.4) is 0 Å². The molecule has 0 unspecified atom stereocenters. The van der Waals surface area contributed by atoms with Gasteiger partial charge >= 0.3 is 0 Å². The van der Waals surface area contributed by atoms with Crippen LogP contribution in [0.5, 0.6) is 0 Å². The number of pyridine rings is 1. The molecule has 4 heteroatoms. The maximum atomic E-state index is 5.78. The summed E-state index contributed by atoms with van der Waals surface area (Å²) in [6.07, 6.45) is 3.29. The van der Waals surface area contributed by atoms with Crippen molar-refractivity contribution in [2.24, 2.45) is 0 Å². The Bertz CT molecular complexity index is 462. The lowest BCUT2D eigenvalue weighted by Gasteiger charge is -2.00. The molecule has 2 aromatic rings. The lowest BCUT2D eigenvalue weighted by atomic mass is 10.1. The highest BCUT2D eigenvalue weighted by Crippen LogP contribution is 2.28. The zero-order valence-corrected chi connectivity index (χ0v) is 8.11. The Morgan fingerprint density at radius 3 is 2.71 bits per heavy atom. The number of nitrogen functional groups attached to an aromatic ring is 1. The topological polar surface area (TPSA) is 64.9 Å². The van der Waals surface area contributed by atoms with E-state index in [1.165, 1.54) is 0 Å². The molecule has 0 atom stereocenters. The van der Waals surface area contributed by atoms with Gasteiger partial charge in [-0.2, -0.15) is 0 Å². The molecule has 2 aromatic heterocycles. The standard InChI is InChI=1S/C10H11N3O/c1-6-10(14-7(2)13-6)8-3-4-12-5-9(8)11/h3-5H,11H2,1-2H3. The summed E-state index contributed by atoms with van der Waals surface area (Å²) < 4.78 is 5.46. The molecule has 0 aliphatic carbocycles.